The second kappa shape index (κ2) is 14.8. The molecule has 47 heavy (non-hydrogen) atoms. The van der Waals surface area contributed by atoms with E-state index in [9.17, 15) is 50.5 Å². The predicted octanol–water partition coefficient (Wildman–Crippen LogP) is 0.668. The van der Waals surface area contributed by atoms with Gasteiger partial charge in [-0.2, -0.15) is 26.3 Å². The highest BCUT2D eigenvalue weighted by atomic mass is 19.4. The number of alkyl halides is 6. The Morgan fingerprint density at radius 2 is 1.55 bits per heavy atom. The third-order valence-corrected chi connectivity index (χ3v) is 7.39. The van der Waals surface area contributed by atoms with Gasteiger partial charge in [0, 0.05) is 37.2 Å². The first-order chi connectivity index (χ1) is 22.1. The maximum Gasteiger partial charge on any atom is 0.491 e. The van der Waals surface area contributed by atoms with Crippen LogP contribution in [0.5, 0.6) is 0 Å². The number of hydrogen-bond acceptors (Lipinski definition) is 7. The Hall–Kier alpha value is -4.09. The summed E-state index contributed by atoms with van der Waals surface area (Å²) in [7, 11) is -0.679. The van der Waals surface area contributed by atoms with Gasteiger partial charge >= 0.3 is 27.0 Å². The minimum Gasteiger partial charge on any atom is -0.430 e. The SMILES string of the molecule is CCCCNC(=O)CCNC(=O)[C@H](CNC(=O)c1cc2c(c(C(F)(F)F)c1)CO[B]2)NC(=O)c1cc2c(c(C(F)(F)F)c1)COB2O. The maximum atomic E-state index is 13.8. The molecule has 0 spiro atoms. The summed E-state index contributed by atoms with van der Waals surface area (Å²) in [6, 6.07) is 1.58. The Kier molecular flexibility index (Phi) is 11.2. The number of fused-ring (bicyclic) bond motifs is 2. The van der Waals surface area contributed by atoms with Crippen molar-refractivity contribution in [2.24, 2.45) is 0 Å². The molecule has 251 valence electrons. The molecule has 2 aromatic carbocycles. The third-order valence-electron chi connectivity index (χ3n) is 7.39. The Bertz CT molecular complexity index is 1540. The molecule has 4 amide bonds. The van der Waals surface area contributed by atoms with Gasteiger partial charge in [-0.15, -0.1) is 0 Å². The van der Waals surface area contributed by atoms with Crippen LogP contribution in [0.25, 0.3) is 0 Å². The molecule has 2 aliphatic heterocycles. The summed E-state index contributed by atoms with van der Waals surface area (Å²) >= 11 is 0. The van der Waals surface area contributed by atoms with Crippen LogP contribution in [0.2, 0.25) is 0 Å². The fourth-order valence-electron chi connectivity index (χ4n) is 4.93. The Labute approximate surface area is 265 Å². The second-order valence-corrected chi connectivity index (χ2v) is 10.8. The lowest BCUT2D eigenvalue weighted by Gasteiger charge is -2.20. The Balaban J connectivity index is 1.53. The molecule has 19 heteroatoms. The number of carbonyl (C=O) groups excluding carboxylic acids is 4. The lowest BCUT2D eigenvalue weighted by atomic mass is 9.77. The van der Waals surface area contributed by atoms with Gasteiger partial charge in [-0.1, -0.05) is 19.4 Å². The maximum absolute atomic E-state index is 13.8. The molecule has 5 N–H and O–H groups in total. The normalized spacial score (nSPS) is 14.5. The van der Waals surface area contributed by atoms with Gasteiger partial charge in [0.2, 0.25) is 11.8 Å². The molecular weight excluding hydrogens is 640 g/mol. The molecular formula is C28H29B2F6N4O7. The first-order valence-corrected chi connectivity index (χ1v) is 14.5. The van der Waals surface area contributed by atoms with E-state index in [4.69, 9.17) is 9.31 Å². The summed E-state index contributed by atoms with van der Waals surface area (Å²) in [4.78, 5) is 51.2. The molecule has 2 aromatic rings. The van der Waals surface area contributed by atoms with Crippen molar-refractivity contribution >= 4 is 49.2 Å². The van der Waals surface area contributed by atoms with Crippen molar-refractivity contribution in [1.29, 1.82) is 0 Å². The molecule has 0 aliphatic carbocycles. The van der Waals surface area contributed by atoms with Gasteiger partial charge in [0.05, 0.1) is 24.3 Å². The van der Waals surface area contributed by atoms with Gasteiger partial charge in [-0.3, -0.25) is 19.2 Å². The molecule has 0 aromatic heterocycles. The van der Waals surface area contributed by atoms with E-state index in [0.717, 1.165) is 32.5 Å². The molecule has 1 atom stereocenters. The predicted molar refractivity (Wildman–Crippen MR) is 155 cm³/mol. The fourth-order valence-corrected chi connectivity index (χ4v) is 4.93. The van der Waals surface area contributed by atoms with Gasteiger partial charge in [-0.05, 0) is 46.7 Å². The van der Waals surface area contributed by atoms with Crippen LogP contribution in [-0.2, 0) is 44.5 Å². The lowest BCUT2D eigenvalue weighted by molar-refractivity contribution is -0.139. The van der Waals surface area contributed by atoms with E-state index in [1.54, 1.807) is 0 Å². The quantitative estimate of drug-likeness (QED) is 0.127. The van der Waals surface area contributed by atoms with Crippen LogP contribution >= 0.6 is 0 Å². The minimum absolute atomic E-state index is 0.0213. The Morgan fingerprint density at radius 1 is 0.894 bits per heavy atom. The average molecular weight is 669 g/mol. The van der Waals surface area contributed by atoms with Crippen LogP contribution in [0, 0.1) is 0 Å². The summed E-state index contributed by atoms with van der Waals surface area (Å²) in [6.45, 7) is 0.511. The smallest absolute Gasteiger partial charge is 0.430 e. The zero-order chi connectivity index (χ0) is 34.5. The number of hydrogen-bond donors (Lipinski definition) is 5. The van der Waals surface area contributed by atoms with Gasteiger partial charge < -0.3 is 35.6 Å². The highest BCUT2D eigenvalue weighted by Gasteiger charge is 2.41. The van der Waals surface area contributed by atoms with Gasteiger partial charge in [0.15, 0.2) is 0 Å². The number of benzene rings is 2. The number of unbranched alkanes of at least 4 members (excludes halogenated alkanes) is 1. The van der Waals surface area contributed by atoms with Crippen LogP contribution < -0.4 is 32.2 Å². The monoisotopic (exact) mass is 669 g/mol. The largest absolute Gasteiger partial charge is 0.491 e. The van der Waals surface area contributed by atoms with Gasteiger partial charge in [0.25, 0.3) is 11.8 Å². The number of halogens is 6. The van der Waals surface area contributed by atoms with E-state index in [0.29, 0.717) is 18.7 Å². The molecule has 11 nitrogen and oxygen atoms in total. The first-order valence-electron chi connectivity index (χ1n) is 14.5. The van der Waals surface area contributed by atoms with E-state index in [-0.39, 0.29) is 47.5 Å². The van der Waals surface area contributed by atoms with Crippen molar-refractivity contribution < 1.29 is 59.9 Å². The highest BCUT2D eigenvalue weighted by molar-refractivity contribution is 6.61. The van der Waals surface area contributed by atoms with E-state index in [2.05, 4.69) is 21.3 Å². The number of nitrogens with one attached hydrogen (secondary N) is 4. The van der Waals surface area contributed by atoms with E-state index in [1.165, 1.54) is 0 Å². The lowest BCUT2D eigenvalue weighted by Crippen LogP contribution is -2.53. The van der Waals surface area contributed by atoms with Crippen LogP contribution in [0.3, 0.4) is 0 Å². The Morgan fingerprint density at radius 3 is 2.21 bits per heavy atom. The molecule has 0 saturated heterocycles. The van der Waals surface area contributed by atoms with Crippen molar-refractivity contribution in [3.05, 3.63) is 57.6 Å². The molecule has 1 radical (unpaired) electrons. The zero-order valence-corrected chi connectivity index (χ0v) is 24.9. The van der Waals surface area contributed by atoms with Crippen LogP contribution in [0.15, 0.2) is 24.3 Å². The van der Waals surface area contributed by atoms with Crippen molar-refractivity contribution in [3.8, 4) is 0 Å². The van der Waals surface area contributed by atoms with Crippen LogP contribution in [-0.4, -0.2) is 68.9 Å². The minimum atomic E-state index is -4.93. The van der Waals surface area contributed by atoms with E-state index < -0.39 is 78.6 Å². The van der Waals surface area contributed by atoms with Crippen molar-refractivity contribution in [2.75, 3.05) is 19.6 Å². The van der Waals surface area contributed by atoms with Crippen LogP contribution in [0.4, 0.5) is 26.3 Å². The summed E-state index contributed by atoms with van der Waals surface area (Å²) in [5.74, 6) is -3.60. The third kappa shape index (κ3) is 8.84. The van der Waals surface area contributed by atoms with Crippen molar-refractivity contribution in [3.63, 3.8) is 0 Å². The summed E-state index contributed by atoms with van der Waals surface area (Å²) in [6.07, 6.45) is -8.34. The van der Waals surface area contributed by atoms with Crippen molar-refractivity contribution in [1.82, 2.24) is 21.3 Å². The molecule has 0 fully saturated rings. The molecule has 0 bridgehead atoms. The topological polar surface area (TPSA) is 155 Å². The van der Waals surface area contributed by atoms with Gasteiger partial charge in [-0.25, -0.2) is 0 Å². The number of rotatable bonds is 12. The summed E-state index contributed by atoms with van der Waals surface area (Å²) in [5, 5.41) is 19.5. The first kappa shape index (κ1) is 35.8. The molecule has 0 unspecified atom stereocenters. The standard InChI is InChI=1S/C28H29B2F6N4O7/c1-2-3-5-37-23(41)4-6-38-26(44)22(11-39-24(42)14-7-18(27(31,32)33)16-12-46-29-20(16)9-14)40-25(43)15-8-19(28(34,35)36)17-13-47-30(45)21(17)10-15/h7-10,22,45H,2-6,11-13H2,1H3,(H,37,41)(H,38,44)(H,39,42)(H,40,43)/t22-/m0/s1. The molecule has 0 saturated carbocycles. The zero-order valence-electron chi connectivity index (χ0n) is 24.9. The second-order valence-electron chi connectivity index (χ2n) is 10.8. The molecule has 2 heterocycles. The highest BCUT2D eigenvalue weighted by Crippen LogP contribution is 2.35. The van der Waals surface area contributed by atoms with Gasteiger partial charge in [0.1, 0.15) is 6.04 Å². The van der Waals surface area contributed by atoms with E-state index >= 15 is 0 Å². The average Bonchev–Trinajstić information content (AvgIpc) is 3.63. The number of carbonyl (C=O) groups is 4. The van der Waals surface area contributed by atoms with E-state index in [1.807, 2.05) is 6.92 Å². The fraction of sp³-hybridized carbons (Fsp3) is 0.429. The molecule has 4 rings (SSSR count). The van der Waals surface area contributed by atoms with Crippen molar-refractivity contribution in [2.45, 2.75) is 57.8 Å². The van der Waals surface area contributed by atoms with Crippen LogP contribution in [0.1, 0.15) is 69.2 Å². The summed E-state index contributed by atoms with van der Waals surface area (Å²) < 4.78 is 92.1. The number of amides is 4. The molecule has 2 aliphatic rings. The summed E-state index contributed by atoms with van der Waals surface area (Å²) in [5.41, 5.74) is -4.18.